The molecule has 0 bridgehead atoms. The van der Waals surface area contributed by atoms with Crippen LogP contribution < -0.4 is 6.15 Å². The zero-order valence-electron chi connectivity index (χ0n) is 12.6. The van der Waals surface area contributed by atoms with Crippen molar-refractivity contribution in [3.8, 4) is 0 Å². The van der Waals surface area contributed by atoms with Crippen molar-refractivity contribution >= 4 is 0 Å². The minimum Gasteiger partial charge on any atom is -0.344 e. The monoisotopic (exact) mass is 244 g/mol. The molecule has 0 fully saturated rings. The summed E-state index contributed by atoms with van der Waals surface area (Å²) in [4.78, 5) is 2.41. The maximum absolute atomic E-state index is 2.41. The molecule has 0 aromatic rings. The van der Waals surface area contributed by atoms with Gasteiger partial charge in [-0.3, -0.25) is 0 Å². The van der Waals surface area contributed by atoms with Crippen LogP contribution in [0.4, 0.5) is 0 Å². The summed E-state index contributed by atoms with van der Waals surface area (Å²) in [5, 5.41) is 0. The maximum Gasteiger partial charge on any atom is -0.00219 e. The van der Waals surface area contributed by atoms with Gasteiger partial charge in [-0.15, -0.1) is 0 Å². The lowest BCUT2D eigenvalue weighted by molar-refractivity contribution is 0.340. The smallest absolute Gasteiger partial charge is 0.00219 e. The van der Waals surface area contributed by atoms with Crippen molar-refractivity contribution in [2.75, 3.05) is 20.1 Å². The van der Waals surface area contributed by atoms with E-state index in [1.807, 2.05) is 0 Å². The van der Waals surface area contributed by atoms with E-state index in [1.165, 1.54) is 77.3 Å². The second-order valence-electron chi connectivity index (χ2n) is 5.08. The average Bonchev–Trinajstić information content (AvgIpc) is 2.31. The fraction of sp³-hybridized carbons (Fsp3) is 1.00. The summed E-state index contributed by atoms with van der Waals surface area (Å²) < 4.78 is 0. The van der Waals surface area contributed by atoms with Crippen molar-refractivity contribution in [3.05, 3.63) is 0 Å². The zero-order chi connectivity index (χ0) is 12.1. The van der Waals surface area contributed by atoms with Crippen LogP contribution in [0.5, 0.6) is 0 Å². The molecule has 0 aliphatic rings. The number of unbranched alkanes of at least 4 members (excludes halogenated alkanes) is 9. The molecule has 2 nitrogen and oxygen atoms in total. The Labute approximate surface area is 110 Å². The summed E-state index contributed by atoms with van der Waals surface area (Å²) in [5.41, 5.74) is 0. The number of nitrogens with zero attached hydrogens (tertiary/aromatic N) is 1. The van der Waals surface area contributed by atoms with Crippen LogP contribution in [0.1, 0.15) is 78.1 Å². The van der Waals surface area contributed by atoms with Crippen LogP contribution in [-0.4, -0.2) is 25.0 Å². The van der Waals surface area contributed by atoms with Crippen molar-refractivity contribution in [3.63, 3.8) is 0 Å². The molecular weight excluding hydrogens is 208 g/mol. The van der Waals surface area contributed by atoms with Gasteiger partial charge in [0.2, 0.25) is 0 Å². The normalized spacial score (nSPS) is 10.6. The highest BCUT2D eigenvalue weighted by Gasteiger charge is 1.95. The molecule has 0 radical (unpaired) electrons. The Morgan fingerprint density at radius 1 is 0.647 bits per heavy atom. The largest absolute Gasteiger partial charge is 0.344 e. The molecule has 0 aromatic carbocycles. The highest BCUT2D eigenvalue weighted by Crippen LogP contribution is 2.10. The molecule has 0 rings (SSSR count). The fourth-order valence-electron chi connectivity index (χ4n) is 2.03. The molecular formula is C15H36N2. The maximum atomic E-state index is 2.41. The van der Waals surface area contributed by atoms with E-state index >= 15 is 0 Å². The summed E-state index contributed by atoms with van der Waals surface area (Å²) in [5.74, 6) is 0. The molecule has 0 saturated carbocycles. The van der Waals surface area contributed by atoms with Gasteiger partial charge in [0.1, 0.15) is 0 Å². The number of hydrogen-bond acceptors (Lipinski definition) is 2. The van der Waals surface area contributed by atoms with Gasteiger partial charge in [0.15, 0.2) is 0 Å². The first-order valence-corrected chi connectivity index (χ1v) is 7.49. The third kappa shape index (κ3) is 15.9. The Hall–Kier alpha value is -0.0800. The Bertz CT molecular complexity index is 126. The van der Waals surface area contributed by atoms with Gasteiger partial charge in [0.05, 0.1) is 0 Å². The third-order valence-corrected chi connectivity index (χ3v) is 3.43. The predicted molar refractivity (Wildman–Crippen MR) is 80.0 cm³/mol. The molecule has 0 aromatic heterocycles. The molecule has 0 saturated heterocycles. The molecule has 0 unspecified atom stereocenters. The molecule has 0 amide bonds. The van der Waals surface area contributed by atoms with E-state index in [2.05, 4.69) is 25.8 Å². The van der Waals surface area contributed by atoms with E-state index in [0.29, 0.717) is 0 Å². The first kappa shape index (κ1) is 19.3. The third-order valence-electron chi connectivity index (χ3n) is 3.43. The minimum atomic E-state index is 0. The van der Waals surface area contributed by atoms with Gasteiger partial charge in [-0.25, -0.2) is 0 Å². The molecule has 0 heterocycles. The highest BCUT2D eigenvalue weighted by atomic mass is 15.1. The SMILES string of the molecule is CCCCCCCCCCCCN(C)CC.N. The summed E-state index contributed by atoms with van der Waals surface area (Å²) >= 11 is 0. The Balaban J connectivity index is 0. The first-order valence-electron chi connectivity index (χ1n) is 7.49. The quantitative estimate of drug-likeness (QED) is 0.489. The predicted octanol–water partition coefficient (Wildman–Crippen LogP) is 5.02. The lowest BCUT2D eigenvalue weighted by Gasteiger charge is -2.12. The lowest BCUT2D eigenvalue weighted by Crippen LogP contribution is -2.18. The Kier molecular flexibility index (Phi) is 18.0. The lowest BCUT2D eigenvalue weighted by atomic mass is 10.1. The summed E-state index contributed by atoms with van der Waals surface area (Å²) in [6.45, 7) is 6.99. The molecule has 3 N–H and O–H groups in total. The molecule has 106 valence electrons. The number of rotatable bonds is 12. The van der Waals surface area contributed by atoms with E-state index in [0.717, 1.165) is 0 Å². The molecule has 0 aliphatic heterocycles. The topological polar surface area (TPSA) is 38.2 Å². The van der Waals surface area contributed by atoms with Gasteiger partial charge in [0.25, 0.3) is 0 Å². The molecule has 17 heavy (non-hydrogen) atoms. The van der Waals surface area contributed by atoms with Gasteiger partial charge in [0, 0.05) is 0 Å². The molecule has 0 atom stereocenters. The second kappa shape index (κ2) is 15.9. The van der Waals surface area contributed by atoms with Crippen LogP contribution in [0, 0.1) is 0 Å². The van der Waals surface area contributed by atoms with E-state index in [1.54, 1.807) is 0 Å². The second-order valence-corrected chi connectivity index (χ2v) is 5.08. The van der Waals surface area contributed by atoms with Crippen LogP contribution >= 0.6 is 0 Å². The van der Waals surface area contributed by atoms with E-state index in [-0.39, 0.29) is 6.15 Å². The average molecular weight is 244 g/mol. The van der Waals surface area contributed by atoms with Crippen LogP contribution in [0.15, 0.2) is 0 Å². The minimum absolute atomic E-state index is 0. The molecule has 2 heteroatoms. The Morgan fingerprint density at radius 2 is 1.06 bits per heavy atom. The fourth-order valence-corrected chi connectivity index (χ4v) is 2.03. The summed E-state index contributed by atoms with van der Waals surface area (Å²) in [6, 6.07) is 0. The standard InChI is InChI=1S/C15H33N.H3N/c1-4-6-7-8-9-10-11-12-13-14-15-16(3)5-2;/h4-15H2,1-3H3;1H3. The summed E-state index contributed by atoms with van der Waals surface area (Å²) in [6.07, 6.45) is 14.4. The van der Waals surface area contributed by atoms with Crippen molar-refractivity contribution in [2.24, 2.45) is 0 Å². The summed E-state index contributed by atoms with van der Waals surface area (Å²) in [7, 11) is 2.22. The van der Waals surface area contributed by atoms with Crippen molar-refractivity contribution in [1.82, 2.24) is 11.1 Å². The first-order chi connectivity index (χ1) is 7.81. The molecule has 0 spiro atoms. The highest BCUT2D eigenvalue weighted by molar-refractivity contribution is 4.50. The van der Waals surface area contributed by atoms with Crippen molar-refractivity contribution in [2.45, 2.75) is 78.1 Å². The zero-order valence-corrected chi connectivity index (χ0v) is 12.6. The van der Waals surface area contributed by atoms with Gasteiger partial charge in [-0.1, -0.05) is 71.6 Å². The van der Waals surface area contributed by atoms with Crippen LogP contribution in [-0.2, 0) is 0 Å². The van der Waals surface area contributed by atoms with Crippen molar-refractivity contribution < 1.29 is 0 Å². The van der Waals surface area contributed by atoms with E-state index in [9.17, 15) is 0 Å². The molecule has 0 aliphatic carbocycles. The van der Waals surface area contributed by atoms with Crippen LogP contribution in [0.2, 0.25) is 0 Å². The van der Waals surface area contributed by atoms with E-state index < -0.39 is 0 Å². The van der Waals surface area contributed by atoms with E-state index in [4.69, 9.17) is 0 Å². The number of hydrogen-bond donors (Lipinski definition) is 1. The van der Waals surface area contributed by atoms with Crippen LogP contribution in [0.25, 0.3) is 0 Å². The van der Waals surface area contributed by atoms with Crippen LogP contribution in [0.3, 0.4) is 0 Å². The van der Waals surface area contributed by atoms with Gasteiger partial charge >= 0.3 is 0 Å². The van der Waals surface area contributed by atoms with Gasteiger partial charge in [-0.05, 0) is 26.6 Å². The Morgan fingerprint density at radius 3 is 1.47 bits per heavy atom. The van der Waals surface area contributed by atoms with Crippen molar-refractivity contribution in [1.29, 1.82) is 0 Å². The van der Waals surface area contributed by atoms with Gasteiger partial charge < -0.3 is 11.1 Å². The van der Waals surface area contributed by atoms with Gasteiger partial charge in [-0.2, -0.15) is 0 Å².